The van der Waals surface area contributed by atoms with Crippen molar-refractivity contribution < 1.29 is 14.0 Å². The summed E-state index contributed by atoms with van der Waals surface area (Å²) in [5, 5.41) is 6.07. The number of rotatable bonds is 5. The standard InChI is InChI=1S/C17H18FN3O2S/c18-12-7-5-11(6-8-12)16(23)19-10-9-15(22)21-17-20-13-3-1-2-4-14(13)24-17/h5-8H,1-4,9-10H2,(H,19,23)(H,20,21,22). The molecular weight excluding hydrogens is 329 g/mol. The molecule has 0 bridgehead atoms. The first-order valence-corrected chi connectivity index (χ1v) is 8.75. The molecule has 1 aromatic carbocycles. The van der Waals surface area contributed by atoms with Crippen LogP contribution in [0.1, 0.15) is 40.2 Å². The van der Waals surface area contributed by atoms with Crippen molar-refractivity contribution >= 4 is 28.3 Å². The van der Waals surface area contributed by atoms with E-state index in [0.717, 1.165) is 25.0 Å². The van der Waals surface area contributed by atoms with Crippen LogP contribution in [0.25, 0.3) is 0 Å². The van der Waals surface area contributed by atoms with Gasteiger partial charge < -0.3 is 10.6 Å². The summed E-state index contributed by atoms with van der Waals surface area (Å²) in [6.07, 6.45) is 4.51. The summed E-state index contributed by atoms with van der Waals surface area (Å²) in [5.41, 5.74) is 1.47. The van der Waals surface area contributed by atoms with Gasteiger partial charge in [-0.05, 0) is 49.9 Å². The van der Waals surface area contributed by atoms with E-state index in [0.29, 0.717) is 10.7 Å². The summed E-state index contributed by atoms with van der Waals surface area (Å²) in [7, 11) is 0. The first-order chi connectivity index (χ1) is 11.6. The summed E-state index contributed by atoms with van der Waals surface area (Å²) >= 11 is 1.54. The molecule has 2 amide bonds. The third kappa shape index (κ3) is 4.17. The van der Waals surface area contributed by atoms with Gasteiger partial charge in [0.05, 0.1) is 5.69 Å². The highest BCUT2D eigenvalue weighted by atomic mass is 32.1. The van der Waals surface area contributed by atoms with Gasteiger partial charge in [0.25, 0.3) is 5.91 Å². The summed E-state index contributed by atoms with van der Waals surface area (Å²) in [6.45, 7) is 0.215. The molecule has 2 N–H and O–H groups in total. The predicted molar refractivity (Wildman–Crippen MR) is 90.7 cm³/mol. The first-order valence-electron chi connectivity index (χ1n) is 7.94. The average Bonchev–Trinajstić information content (AvgIpc) is 2.97. The Morgan fingerprint density at radius 3 is 2.67 bits per heavy atom. The molecule has 7 heteroatoms. The zero-order chi connectivity index (χ0) is 16.9. The lowest BCUT2D eigenvalue weighted by Gasteiger charge is -2.06. The number of hydrogen-bond donors (Lipinski definition) is 2. The van der Waals surface area contributed by atoms with Crippen LogP contribution in [0.3, 0.4) is 0 Å². The molecule has 0 saturated carbocycles. The normalized spacial score (nSPS) is 13.2. The first kappa shape index (κ1) is 16.6. The minimum Gasteiger partial charge on any atom is -0.352 e. The molecule has 1 aliphatic rings. The lowest BCUT2D eigenvalue weighted by Crippen LogP contribution is -2.27. The number of carbonyl (C=O) groups excluding carboxylic acids is 2. The highest BCUT2D eigenvalue weighted by Gasteiger charge is 2.16. The molecule has 3 rings (SSSR count). The van der Waals surface area contributed by atoms with E-state index >= 15 is 0 Å². The van der Waals surface area contributed by atoms with E-state index in [1.165, 1.54) is 46.9 Å². The summed E-state index contributed by atoms with van der Waals surface area (Å²) in [6, 6.07) is 5.27. The lowest BCUT2D eigenvalue weighted by molar-refractivity contribution is -0.116. The van der Waals surface area contributed by atoms with Gasteiger partial charge >= 0.3 is 0 Å². The largest absolute Gasteiger partial charge is 0.352 e. The number of hydrogen-bond acceptors (Lipinski definition) is 4. The highest BCUT2D eigenvalue weighted by molar-refractivity contribution is 7.15. The van der Waals surface area contributed by atoms with Gasteiger partial charge in [0.15, 0.2) is 5.13 Å². The molecule has 0 aliphatic heterocycles. The topological polar surface area (TPSA) is 71.1 Å². The van der Waals surface area contributed by atoms with Crippen LogP contribution in [0.5, 0.6) is 0 Å². The van der Waals surface area contributed by atoms with Crippen molar-refractivity contribution in [1.29, 1.82) is 0 Å². The Morgan fingerprint density at radius 1 is 1.17 bits per heavy atom. The second-order valence-electron chi connectivity index (χ2n) is 5.66. The summed E-state index contributed by atoms with van der Waals surface area (Å²) in [4.78, 5) is 29.5. The van der Waals surface area contributed by atoms with Gasteiger partial charge in [0.1, 0.15) is 5.82 Å². The Bertz CT molecular complexity index is 719. The number of anilines is 1. The van der Waals surface area contributed by atoms with Gasteiger partial charge in [0, 0.05) is 23.4 Å². The van der Waals surface area contributed by atoms with Crippen LogP contribution in [-0.4, -0.2) is 23.3 Å². The van der Waals surface area contributed by atoms with Crippen LogP contribution in [-0.2, 0) is 17.6 Å². The molecule has 0 saturated heterocycles. The number of fused-ring (bicyclic) bond motifs is 1. The fourth-order valence-electron chi connectivity index (χ4n) is 2.58. The minimum absolute atomic E-state index is 0.164. The van der Waals surface area contributed by atoms with E-state index in [9.17, 15) is 14.0 Å². The number of thiazole rings is 1. The predicted octanol–water partition coefficient (Wildman–Crippen LogP) is 2.92. The molecule has 1 aromatic heterocycles. The van der Waals surface area contributed by atoms with Crippen molar-refractivity contribution in [1.82, 2.24) is 10.3 Å². The fraction of sp³-hybridized carbons (Fsp3) is 0.353. The van der Waals surface area contributed by atoms with Crippen molar-refractivity contribution in [3.05, 3.63) is 46.2 Å². The van der Waals surface area contributed by atoms with Gasteiger partial charge in [-0.3, -0.25) is 9.59 Å². The van der Waals surface area contributed by atoms with Crippen LogP contribution in [0, 0.1) is 5.82 Å². The second kappa shape index (κ2) is 7.53. The molecule has 24 heavy (non-hydrogen) atoms. The van der Waals surface area contributed by atoms with E-state index in [2.05, 4.69) is 15.6 Å². The number of nitrogens with zero attached hydrogens (tertiary/aromatic N) is 1. The van der Waals surface area contributed by atoms with Gasteiger partial charge in [-0.25, -0.2) is 9.37 Å². The molecule has 0 unspecified atom stereocenters. The summed E-state index contributed by atoms with van der Waals surface area (Å²) < 4.78 is 12.8. The van der Waals surface area contributed by atoms with Crippen LogP contribution in [0.4, 0.5) is 9.52 Å². The molecule has 126 valence electrons. The number of aromatic nitrogens is 1. The molecule has 2 aromatic rings. The number of carbonyl (C=O) groups is 2. The smallest absolute Gasteiger partial charge is 0.251 e. The molecule has 0 spiro atoms. The lowest BCUT2D eigenvalue weighted by atomic mass is 10.0. The van der Waals surface area contributed by atoms with E-state index in [-0.39, 0.29) is 24.8 Å². The Labute approximate surface area is 143 Å². The molecule has 5 nitrogen and oxygen atoms in total. The molecule has 0 fully saturated rings. The average molecular weight is 347 g/mol. The minimum atomic E-state index is -0.392. The van der Waals surface area contributed by atoms with Gasteiger partial charge in [-0.2, -0.15) is 0 Å². The SMILES string of the molecule is O=C(CCNC(=O)c1ccc(F)cc1)Nc1nc2c(s1)CCCC2. The van der Waals surface area contributed by atoms with Crippen LogP contribution in [0.2, 0.25) is 0 Å². The third-order valence-electron chi connectivity index (χ3n) is 3.84. The van der Waals surface area contributed by atoms with Crippen LogP contribution in [0.15, 0.2) is 24.3 Å². The highest BCUT2D eigenvalue weighted by Crippen LogP contribution is 2.29. The van der Waals surface area contributed by atoms with Crippen molar-refractivity contribution in [2.75, 3.05) is 11.9 Å². The quantitative estimate of drug-likeness (QED) is 0.874. The van der Waals surface area contributed by atoms with Crippen LogP contribution >= 0.6 is 11.3 Å². The Balaban J connectivity index is 1.44. The van der Waals surface area contributed by atoms with E-state index in [1.54, 1.807) is 0 Å². The van der Waals surface area contributed by atoms with Crippen molar-refractivity contribution in [3.8, 4) is 0 Å². The van der Waals surface area contributed by atoms with E-state index < -0.39 is 5.82 Å². The number of halogens is 1. The number of benzene rings is 1. The molecular formula is C17H18FN3O2S. The van der Waals surface area contributed by atoms with Crippen molar-refractivity contribution in [2.24, 2.45) is 0 Å². The Hall–Kier alpha value is -2.28. The third-order valence-corrected chi connectivity index (χ3v) is 4.91. The summed E-state index contributed by atoms with van der Waals surface area (Å²) in [5.74, 6) is -0.898. The molecule has 1 heterocycles. The zero-order valence-electron chi connectivity index (χ0n) is 13.1. The molecule has 0 atom stereocenters. The Kier molecular flexibility index (Phi) is 5.20. The van der Waals surface area contributed by atoms with Crippen LogP contribution < -0.4 is 10.6 Å². The maximum atomic E-state index is 12.8. The maximum Gasteiger partial charge on any atom is 0.251 e. The van der Waals surface area contributed by atoms with Crippen molar-refractivity contribution in [2.45, 2.75) is 32.1 Å². The van der Waals surface area contributed by atoms with E-state index in [4.69, 9.17) is 0 Å². The van der Waals surface area contributed by atoms with Gasteiger partial charge in [0.2, 0.25) is 5.91 Å². The monoisotopic (exact) mass is 347 g/mol. The number of aryl methyl sites for hydroxylation is 2. The van der Waals surface area contributed by atoms with Crippen molar-refractivity contribution in [3.63, 3.8) is 0 Å². The maximum absolute atomic E-state index is 12.8. The number of amides is 2. The Morgan fingerprint density at radius 2 is 1.92 bits per heavy atom. The van der Waals surface area contributed by atoms with Gasteiger partial charge in [-0.15, -0.1) is 11.3 Å². The number of nitrogens with one attached hydrogen (secondary N) is 2. The fourth-order valence-corrected chi connectivity index (χ4v) is 3.65. The zero-order valence-corrected chi connectivity index (χ0v) is 13.9. The second-order valence-corrected chi connectivity index (χ2v) is 6.74. The van der Waals surface area contributed by atoms with E-state index in [1.807, 2.05) is 0 Å². The van der Waals surface area contributed by atoms with Gasteiger partial charge in [-0.1, -0.05) is 0 Å². The molecule has 1 aliphatic carbocycles. The molecule has 0 radical (unpaired) electrons.